The monoisotopic (exact) mass is 337 g/mol. The Balaban J connectivity index is 1.54. The van der Waals surface area contributed by atoms with Gasteiger partial charge in [-0.1, -0.05) is 23.7 Å². The van der Waals surface area contributed by atoms with Crippen LogP contribution in [0.1, 0.15) is 18.5 Å². The highest BCUT2D eigenvalue weighted by Crippen LogP contribution is 2.28. The summed E-state index contributed by atoms with van der Waals surface area (Å²) in [6.07, 6.45) is 1.40. The van der Waals surface area contributed by atoms with Crippen molar-refractivity contribution in [1.29, 1.82) is 0 Å². The summed E-state index contributed by atoms with van der Waals surface area (Å²) in [5, 5.41) is 12.6. The molecule has 22 heavy (non-hydrogen) atoms. The molecule has 0 bridgehead atoms. The van der Waals surface area contributed by atoms with Crippen LogP contribution in [0.5, 0.6) is 0 Å². The summed E-state index contributed by atoms with van der Waals surface area (Å²) in [4.78, 5) is 16.3. The van der Waals surface area contributed by atoms with Crippen LogP contribution in [0.4, 0.5) is 0 Å². The van der Waals surface area contributed by atoms with Crippen molar-refractivity contribution in [2.75, 3.05) is 6.61 Å². The van der Waals surface area contributed by atoms with Crippen LogP contribution in [0.3, 0.4) is 0 Å². The fraction of sp³-hybridized carbons (Fsp3) is 0.375. The number of thiazole rings is 1. The van der Waals surface area contributed by atoms with E-state index in [4.69, 9.17) is 16.3 Å². The third kappa shape index (κ3) is 3.85. The first-order valence-corrected chi connectivity index (χ1v) is 8.40. The molecule has 0 radical (unpaired) electrons. The molecule has 2 aromatic rings. The first kappa shape index (κ1) is 15.5. The maximum Gasteiger partial charge on any atom is 0.311 e. The van der Waals surface area contributed by atoms with Crippen LogP contribution in [0.15, 0.2) is 29.6 Å². The second kappa shape index (κ2) is 6.77. The molecule has 0 spiro atoms. The molecule has 6 heteroatoms. The molecule has 0 amide bonds. The number of carbonyl (C=O) groups is 1. The zero-order chi connectivity index (χ0) is 15.5. The molecule has 0 saturated heterocycles. The van der Waals surface area contributed by atoms with Crippen molar-refractivity contribution in [3.8, 4) is 10.6 Å². The Morgan fingerprint density at radius 2 is 2.27 bits per heavy atom. The highest BCUT2D eigenvalue weighted by molar-refractivity contribution is 7.13. The molecule has 0 unspecified atom stereocenters. The summed E-state index contributed by atoms with van der Waals surface area (Å²) in [6, 6.07) is 7.48. The van der Waals surface area contributed by atoms with Crippen molar-refractivity contribution in [2.24, 2.45) is 5.92 Å². The summed E-state index contributed by atoms with van der Waals surface area (Å²) >= 11 is 7.45. The number of carbonyl (C=O) groups excluding carboxylic acids is 1. The Labute approximate surface area is 137 Å². The maximum absolute atomic E-state index is 11.8. The minimum absolute atomic E-state index is 0.173. The lowest BCUT2D eigenvalue weighted by Gasteiger charge is -2.30. The Bertz CT molecular complexity index is 667. The van der Waals surface area contributed by atoms with Crippen LogP contribution in [-0.4, -0.2) is 28.8 Å². The molecule has 1 N–H and O–H groups in total. The fourth-order valence-corrected chi connectivity index (χ4v) is 3.40. The van der Waals surface area contributed by atoms with Crippen LogP contribution in [0, 0.1) is 5.92 Å². The molecule has 0 aliphatic heterocycles. The summed E-state index contributed by atoms with van der Waals surface area (Å²) < 4.78 is 5.23. The number of halogens is 1. The lowest BCUT2D eigenvalue weighted by molar-refractivity contribution is -0.146. The normalized spacial score (nSPS) is 20.5. The molecule has 4 nitrogen and oxygen atoms in total. The van der Waals surface area contributed by atoms with Gasteiger partial charge in [-0.15, -0.1) is 11.3 Å². The Kier molecular flexibility index (Phi) is 4.76. The number of hydrogen-bond acceptors (Lipinski definition) is 5. The third-order valence-corrected chi connectivity index (χ3v) is 4.81. The maximum atomic E-state index is 11.8. The van der Waals surface area contributed by atoms with E-state index in [0.717, 1.165) is 23.4 Å². The van der Waals surface area contributed by atoms with E-state index < -0.39 is 0 Å². The van der Waals surface area contributed by atoms with Crippen molar-refractivity contribution in [2.45, 2.75) is 25.4 Å². The molecule has 116 valence electrons. The number of esters is 1. The lowest BCUT2D eigenvalue weighted by Crippen LogP contribution is -2.32. The zero-order valence-electron chi connectivity index (χ0n) is 11.9. The lowest BCUT2D eigenvalue weighted by atomic mass is 9.83. The van der Waals surface area contributed by atoms with E-state index in [9.17, 15) is 9.90 Å². The van der Waals surface area contributed by atoms with E-state index >= 15 is 0 Å². The number of nitrogens with zero attached hydrogens (tertiary/aromatic N) is 1. The van der Waals surface area contributed by atoms with Crippen LogP contribution in [0.2, 0.25) is 5.02 Å². The van der Waals surface area contributed by atoms with Gasteiger partial charge >= 0.3 is 5.97 Å². The number of aliphatic hydroxyl groups excluding tert-OH is 1. The molecule has 1 heterocycles. The molecular weight excluding hydrogens is 322 g/mol. The minimum atomic E-state index is -0.274. The van der Waals surface area contributed by atoms with Crippen molar-refractivity contribution in [3.63, 3.8) is 0 Å². The molecule has 1 saturated carbocycles. The van der Waals surface area contributed by atoms with Crippen molar-refractivity contribution >= 4 is 28.9 Å². The summed E-state index contributed by atoms with van der Waals surface area (Å²) in [5.41, 5.74) is 1.65. The predicted octanol–water partition coefficient (Wildman–Crippen LogP) is 3.32. The van der Waals surface area contributed by atoms with Gasteiger partial charge in [0.05, 0.1) is 24.8 Å². The number of aliphatic hydroxyl groups is 1. The first-order valence-electron chi connectivity index (χ1n) is 7.14. The van der Waals surface area contributed by atoms with Gasteiger partial charge in [0.2, 0.25) is 0 Å². The van der Waals surface area contributed by atoms with Gasteiger partial charge in [-0.3, -0.25) is 4.79 Å². The SMILES string of the molecule is O=C(Cc1csc(-c2cccc(Cl)c2)n1)OCC1CC(O)C1. The van der Waals surface area contributed by atoms with Gasteiger partial charge in [0.25, 0.3) is 0 Å². The molecule has 1 aromatic carbocycles. The van der Waals surface area contributed by atoms with Crippen molar-refractivity contribution in [3.05, 3.63) is 40.4 Å². The standard InChI is InChI=1S/C16H16ClNO3S/c17-12-3-1-2-11(6-12)16-18-13(9-22-16)7-15(20)21-8-10-4-14(19)5-10/h1-3,6,9-10,14,19H,4-5,7-8H2. The largest absolute Gasteiger partial charge is 0.465 e. The molecule has 1 aliphatic carbocycles. The van der Waals surface area contributed by atoms with Crippen LogP contribution in [0.25, 0.3) is 10.6 Å². The summed E-state index contributed by atoms with van der Waals surface area (Å²) in [5.74, 6) is 0.0285. The third-order valence-electron chi connectivity index (χ3n) is 3.64. The highest BCUT2D eigenvalue weighted by atomic mass is 35.5. The van der Waals surface area contributed by atoms with Crippen molar-refractivity contribution in [1.82, 2.24) is 4.98 Å². The Hall–Kier alpha value is -1.43. The van der Waals surface area contributed by atoms with Crippen molar-refractivity contribution < 1.29 is 14.6 Å². The molecular formula is C16H16ClNO3S. The quantitative estimate of drug-likeness (QED) is 0.850. The van der Waals surface area contributed by atoms with Gasteiger partial charge in [-0.2, -0.15) is 0 Å². The Morgan fingerprint density at radius 1 is 1.45 bits per heavy atom. The van der Waals surface area contributed by atoms with Crippen LogP contribution in [-0.2, 0) is 16.0 Å². The summed E-state index contributed by atoms with van der Waals surface area (Å²) in [7, 11) is 0. The second-order valence-electron chi connectivity index (χ2n) is 5.51. The zero-order valence-corrected chi connectivity index (χ0v) is 13.4. The predicted molar refractivity (Wildman–Crippen MR) is 86.0 cm³/mol. The smallest absolute Gasteiger partial charge is 0.311 e. The van der Waals surface area contributed by atoms with E-state index in [1.54, 1.807) is 0 Å². The fourth-order valence-electron chi connectivity index (χ4n) is 2.39. The average molecular weight is 338 g/mol. The van der Waals surface area contributed by atoms with Gasteiger partial charge in [-0.05, 0) is 30.9 Å². The van der Waals surface area contributed by atoms with Gasteiger partial charge in [0.15, 0.2) is 0 Å². The van der Waals surface area contributed by atoms with E-state index in [1.807, 2.05) is 29.6 Å². The highest BCUT2D eigenvalue weighted by Gasteiger charge is 2.28. The van der Waals surface area contributed by atoms with E-state index in [-0.39, 0.29) is 18.5 Å². The topological polar surface area (TPSA) is 59.4 Å². The molecule has 1 fully saturated rings. The second-order valence-corrected chi connectivity index (χ2v) is 6.80. The van der Waals surface area contributed by atoms with Crippen LogP contribution >= 0.6 is 22.9 Å². The van der Waals surface area contributed by atoms with Gasteiger partial charge in [-0.25, -0.2) is 4.98 Å². The number of hydrogen-bond donors (Lipinski definition) is 1. The molecule has 1 aromatic heterocycles. The van der Waals surface area contributed by atoms with Gasteiger partial charge in [0.1, 0.15) is 5.01 Å². The number of aromatic nitrogens is 1. The van der Waals surface area contributed by atoms with E-state index in [2.05, 4.69) is 4.98 Å². The van der Waals surface area contributed by atoms with Crippen LogP contribution < -0.4 is 0 Å². The minimum Gasteiger partial charge on any atom is -0.465 e. The molecule has 3 rings (SSSR count). The molecule has 1 aliphatic rings. The first-order chi connectivity index (χ1) is 10.6. The Morgan fingerprint density at radius 3 is 3.00 bits per heavy atom. The number of benzene rings is 1. The van der Waals surface area contributed by atoms with E-state index in [0.29, 0.717) is 23.2 Å². The van der Waals surface area contributed by atoms with Gasteiger partial charge in [0, 0.05) is 16.0 Å². The van der Waals surface area contributed by atoms with Gasteiger partial charge < -0.3 is 9.84 Å². The van der Waals surface area contributed by atoms with E-state index in [1.165, 1.54) is 11.3 Å². The molecule has 0 atom stereocenters. The average Bonchev–Trinajstić information content (AvgIpc) is 2.91. The number of rotatable bonds is 5. The number of ether oxygens (including phenoxy) is 1. The summed E-state index contributed by atoms with van der Waals surface area (Å²) in [6.45, 7) is 0.390.